The van der Waals surface area contributed by atoms with Gasteiger partial charge in [0.05, 0.1) is 0 Å². The molecule has 2 nitrogen and oxygen atoms in total. The number of fused-ring (bicyclic) bond motifs is 1. The van der Waals surface area contributed by atoms with E-state index in [9.17, 15) is 0 Å². The molecule has 1 unspecified atom stereocenters. The Morgan fingerprint density at radius 1 is 1.19 bits per heavy atom. The van der Waals surface area contributed by atoms with Gasteiger partial charge in [0.2, 0.25) is 0 Å². The van der Waals surface area contributed by atoms with Crippen LogP contribution in [0.25, 0.3) is 0 Å². The third kappa shape index (κ3) is 3.05. The molecule has 1 saturated carbocycles. The first-order chi connectivity index (χ1) is 10.4. The monoisotopic (exact) mass is 298 g/mol. The zero-order valence-corrected chi connectivity index (χ0v) is 13.1. The van der Waals surface area contributed by atoms with Crippen LogP contribution >= 0.6 is 11.3 Å². The fraction of sp³-hybridized carbons (Fsp3) is 0.444. The molecule has 2 heterocycles. The number of hydrogen-bond acceptors (Lipinski definition) is 3. The van der Waals surface area contributed by atoms with Gasteiger partial charge in [-0.2, -0.15) is 11.3 Å². The molecule has 1 N–H and O–H groups in total. The molecule has 0 saturated heterocycles. The van der Waals surface area contributed by atoms with Gasteiger partial charge in [-0.05, 0) is 46.4 Å². The molecule has 2 aliphatic rings. The van der Waals surface area contributed by atoms with Crippen LogP contribution in [0.4, 0.5) is 0 Å². The SMILES string of the molecule is c1ccc2c(c1)CNCC2CN(Cc1ccsc1)C1CC1. The Kier molecular flexibility index (Phi) is 3.80. The van der Waals surface area contributed by atoms with Crippen molar-refractivity contribution in [3.05, 3.63) is 57.8 Å². The van der Waals surface area contributed by atoms with Crippen LogP contribution in [0.15, 0.2) is 41.1 Å². The van der Waals surface area contributed by atoms with E-state index in [1.807, 2.05) is 11.3 Å². The van der Waals surface area contributed by atoms with Crippen molar-refractivity contribution in [2.24, 2.45) is 0 Å². The van der Waals surface area contributed by atoms with Gasteiger partial charge in [0.25, 0.3) is 0 Å². The summed E-state index contributed by atoms with van der Waals surface area (Å²) in [5.41, 5.74) is 4.52. The summed E-state index contributed by atoms with van der Waals surface area (Å²) in [5.74, 6) is 0.634. The van der Waals surface area contributed by atoms with E-state index >= 15 is 0 Å². The Labute approximate surface area is 130 Å². The van der Waals surface area contributed by atoms with Gasteiger partial charge in [-0.3, -0.25) is 4.90 Å². The molecule has 0 amide bonds. The molecule has 2 aromatic rings. The lowest BCUT2D eigenvalue weighted by Gasteiger charge is -2.32. The Balaban J connectivity index is 1.51. The van der Waals surface area contributed by atoms with Crippen molar-refractivity contribution in [3.8, 4) is 0 Å². The van der Waals surface area contributed by atoms with Crippen molar-refractivity contribution in [3.63, 3.8) is 0 Å². The summed E-state index contributed by atoms with van der Waals surface area (Å²) in [6.07, 6.45) is 2.76. The van der Waals surface area contributed by atoms with E-state index in [4.69, 9.17) is 0 Å². The van der Waals surface area contributed by atoms with Crippen LogP contribution in [0.2, 0.25) is 0 Å². The second kappa shape index (κ2) is 5.91. The third-order valence-electron chi connectivity index (χ3n) is 4.69. The fourth-order valence-electron chi connectivity index (χ4n) is 3.43. The van der Waals surface area contributed by atoms with E-state index in [0.717, 1.165) is 25.7 Å². The lowest BCUT2D eigenvalue weighted by Crippen LogP contribution is -2.37. The van der Waals surface area contributed by atoms with Gasteiger partial charge in [-0.15, -0.1) is 0 Å². The zero-order chi connectivity index (χ0) is 14.1. The second-order valence-corrected chi connectivity index (χ2v) is 7.10. The molecule has 1 atom stereocenters. The topological polar surface area (TPSA) is 15.3 Å². The van der Waals surface area contributed by atoms with Gasteiger partial charge >= 0.3 is 0 Å². The van der Waals surface area contributed by atoms with E-state index in [-0.39, 0.29) is 0 Å². The van der Waals surface area contributed by atoms with Crippen molar-refractivity contribution in [1.29, 1.82) is 0 Å². The molecule has 0 radical (unpaired) electrons. The smallest absolute Gasteiger partial charge is 0.0245 e. The molecule has 0 bridgehead atoms. The maximum atomic E-state index is 3.59. The van der Waals surface area contributed by atoms with Gasteiger partial charge in [0.15, 0.2) is 0 Å². The van der Waals surface area contributed by atoms with Crippen LogP contribution in [0.3, 0.4) is 0 Å². The molecule has 4 rings (SSSR count). The molecule has 3 heteroatoms. The van der Waals surface area contributed by atoms with Crippen LogP contribution in [0, 0.1) is 0 Å². The van der Waals surface area contributed by atoms with Crippen LogP contribution < -0.4 is 5.32 Å². The molecular formula is C18H22N2S. The van der Waals surface area contributed by atoms with Crippen molar-refractivity contribution in [1.82, 2.24) is 10.2 Å². The lowest BCUT2D eigenvalue weighted by molar-refractivity contribution is 0.232. The van der Waals surface area contributed by atoms with Crippen LogP contribution in [0.5, 0.6) is 0 Å². The molecule has 1 aromatic heterocycles. The molecule has 0 spiro atoms. The number of thiophene rings is 1. The highest BCUT2D eigenvalue weighted by atomic mass is 32.1. The average Bonchev–Trinajstić information content (AvgIpc) is 3.25. The molecular weight excluding hydrogens is 276 g/mol. The van der Waals surface area contributed by atoms with Gasteiger partial charge in [0.1, 0.15) is 0 Å². The summed E-state index contributed by atoms with van der Waals surface area (Å²) >= 11 is 1.81. The van der Waals surface area contributed by atoms with Crippen molar-refractivity contribution < 1.29 is 0 Å². The van der Waals surface area contributed by atoms with Crippen molar-refractivity contribution in [2.75, 3.05) is 13.1 Å². The maximum absolute atomic E-state index is 3.59. The number of nitrogens with zero attached hydrogens (tertiary/aromatic N) is 1. The molecule has 1 aliphatic heterocycles. The normalized spacial score (nSPS) is 21.5. The summed E-state index contributed by atoms with van der Waals surface area (Å²) in [6, 6.07) is 12.0. The molecule has 1 fully saturated rings. The fourth-order valence-corrected chi connectivity index (χ4v) is 4.09. The quantitative estimate of drug-likeness (QED) is 0.907. The minimum atomic E-state index is 0.634. The predicted octanol–water partition coefficient (Wildman–Crippen LogP) is 3.60. The predicted molar refractivity (Wildman–Crippen MR) is 88.6 cm³/mol. The van der Waals surface area contributed by atoms with E-state index in [0.29, 0.717) is 5.92 Å². The summed E-state index contributed by atoms with van der Waals surface area (Å²) in [4.78, 5) is 2.70. The third-order valence-corrected chi connectivity index (χ3v) is 5.42. The van der Waals surface area contributed by atoms with Crippen molar-refractivity contribution in [2.45, 2.75) is 37.9 Å². The lowest BCUT2D eigenvalue weighted by atomic mass is 9.90. The first kappa shape index (κ1) is 13.5. The number of nitrogens with one attached hydrogen (secondary N) is 1. The first-order valence-corrected chi connectivity index (χ1v) is 8.88. The largest absolute Gasteiger partial charge is 0.312 e. The Bertz CT molecular complexity index is 589. The summed E-state index contributed by atoms with van der Waals surface area (Å²) < 4.78 is 0. The molecule has 1 aromatic carbocycles. The zero-order valence-electron chi connectivity index (χ0n) is 12.3. The van der Waals surface area contributed by atoms with E-state index < -0.39 is 0 Å². The Morgan fingerprint density at radius 2 is 2.10 bits per heavy atom. The van der Waals surface area contributed by atoms with E-state index in [2.05, 4.69) is 51.3 Å². The Hall–Kier alpha value is -1.16. The van der Waals surface area contributed by atoms with Crippen molar-refractivity contribution >= 4 is 11.3 Å². The maximum Gasteiger partial charge on any atom is 0.0245 e. The minimum absolute atomic E-state index is 0.634. The van der Waals surface area contributed by atoms with E-state index in [1.165, 1.54) is 30.5 Å². The Morgan fingerprint density at radius 3 is 2.90 bits per heavy atom. The van der Waals surface area contributed by atoms with Crippen LogP contribution in [0.1, 0.15) is 35.4 Å². The molecule has 21 heavy (non-hydrogen) atoms. The standard InChI is InChI=1S/C18H22N2S/c1-2-4-18-15(3-1)9-19-10-16(18)12-20(17-5-6-17)11-14-7-8-21-13-14/h1-4,7-8,13,16-17,19H,5-6,9-12H2. The average molecular weight is 298 g/mol. The van der Waals surface area contributed by atoms with Gasteiger partial charge in [-0.1, -0.05) is 24.3 Å². The number of rotatable bonds is 5. The van der Waals surface area contributed by atoms with Gasteiger partial charge in [-0.25, -0.2) is 0 Å². The highest BCUT2D eigenvalue weighted by Crippen LogP contribution is 2.32. The highest BCUT2D eigenvalue weighted by Gasteiger charge is 2.32. The highest BCUT2D eigenvalue weighted by molar-refractivity contribution is 7.07. The van der Waals surface area contributed by atoms with Crippen LogP contribution in [-0.2, 0) is 13.1 Å². The molecule has 110 valence electrons. The summed E-state index contributed by atoms with van der Waals surface area (Å²) in [5, 5.41) is 8.08. The first-order valence-electron chi connectivity index (χ1n) is 7.94. The van der Waals surface area contributed by atoms with Crippen LogP contribution in [-0.4, -0.2) is 24.0 Å². The number of benzene rings is 1. The summed E-state index contributed by atoms with van der Waals surface area (Å²) in [7, 11) is 0. The minimum Gasteiger partial charge on any atom is -0.312 e. The second-order valence-electron chi connectivity index (χ2n) is 6.32. The van der Waals surface area contributed by atoms with Gasteiger partial charge < -0.3 is 5.32 Å². The van der Waals surface area contributed by atoms with E-state index in [1.54, 1.807) is 5.56 Å². The number of hydrogen-bond donors (Lipinski definition) is 1. The summed E-state index contributed by atoms with van der Waals surface area (Å²) in [6.45, 7) is 4.45. The van der Waals surface area contributed by atoms with Gasteiger partial charge in [0, 0.05) is 38.1 Å². The molecule has 1 aliphatic carbocycles.